The molecule has 3 aromatic carbocycles. The summed E-state index contributed by atoms with van der Waals surface area (Å²) in [6.45, 7) is 1.91. The van der Waals surface area contributed by atoms with Crippen molar-refractivity contribution in [3.8, 4) is 22.5 Å². The van der Waals surface area contributed by atoms with Crippen molar-refractivity contribution < 1.29 is 4.39 Å². The first-order chi connectivity index (χ1) is 15.3. The normalized spacial score (nSPS) is 14.3. The van der Waals surface area contributed by atoms with Crippen LogP contribution in [-0.2, 0) is 0 Å². The number of hydrogen-bond donors (Lipinski definition) is 3. The van der Waals surface area contributed by atoms with Crippen molar-refractivity contribution in [1.82, 2.24) is 20.5 Å². The lowest BCUT2D eigenvalue weighted by molar-refractivity contribution is 0.631. The van der Waals surface area contributed by atoms with Crippen LogP contribution in [0.5, 0.6) is 0 Å². The first kappa shape index (κ1) is 18.1. The number of halogens is 1. The largest absolute Gasteiger partial charge is 0.353 e. The SMILES string of the molecule is Fc1ccccc1-c1cccc2[nH]c(-c3n[nH]c4ccc(C5=CCNCC5)cc34)cc12. The minimum Gasteiger partial charge on any atom is -0.353 e. The maximum Gasteiger partial charge on any atom is 0.131 e. The van der Waals surface area contributed by atoms with E-state index in [1.807, 2.05) is 30.3 Å². The molecule has 0 saturated heterocycles. The lowest BCUT2D eigenvalue weighted by Gasteiger charge is -2.14. The first-order valence-corrected chi connectivity index (χ1v) is 10.5. The quantitative estimate of drug-likeness (QED) is 0.348. The van der Waals surface area contributed by atoms with E-state index in [0.717, 1.165) is 58.3 Å². The third kappa shape index (κ3) is 3.05. The van der Waals surface area contributed by atoms with Crippen LogP contribution in [0.15, 0.2) is 72.8 Å². The molecule has 5 aromatic rings. The average molecular weight is 408 g/mol. The van der Waals surface area contributed by atoms with Gasteiger partial charge in [0.05, 0.1) is 11.2 Å². The Morgan fingerprint density at radius 3 is 2.61 bits per heavy atom. The second-order valence-corrected chi connectivity index (χ2v) is 7.95. The molecule has 0 fully saturated rings. The van der Waals surface area contributed by atoms with Crippen LogP contribution in [0.4, 0.5) is 4.39 Å². The van der Waals surface area contributed by atoms with Gasteiger partial charge in [-0.2, -0.15) is 5.10 Å². The van der Waals surface area contributed by atoms with Gasteiger partial charge in [0.25, 0.3) is 0 Å². The topological polar surface area (TPSA) is 56.5 Å². The van der Waals surface area contributed by atoms with Crippen LogP contribution < -0.4 is 5.32 Å². The fraction of sp³-hybridized carbons (Fsp3) is 0.115. The van der Waals surface area contributed by atoms with E-state index in [-0.39, 0.29) is 5.82 Å². The van der Waals surface area contributed by atoms with Crippen LogP contribution in [0, 0.1) is 5.82 Å². The van der Waals surface area contributed by atoms with Crippen molar-refractivity contribution >= 4 is 27.4 Å². The smallest absolute Gasteiger partial charge is 0.131 e. The van der Waals surface area contributed by atoms with Crippen molar-refractivity contribution in [2.75, 3.05) is 13.1 Å². The molecule has 0 saturated carbocycles. The summed E-state index contributed by atoms with van der Waals surface area (Å²) in [5.74, 6) is -0.220. The van der Waals surface area contributed by atoms with Crippen molar-refractivity contribution in [2.45, 2.75) is 6.42 Å². The molecule has 3 heterocycles. The Balaban J connectivity index is 1.50. The van der Waals surface area contributed by atoms with Crippen molar-refractivity contribution in [3.63, 3.8) is 0 Å². The van der Waals surface area contributed by atoms with Crippen molar-refractivity contribution in [1.29, 1.82) is 0 Å². The summed E-state index contributed by atoms with van der Waals surface area (Å²) in [6.07, 6.45) is 3.28. The lowest BCUT2D eigenvalue weighted by atomic mass is 9.98. The number of benzene rings is 3. The lowest BCUT2D eigenvalue weighted by Crippen LogP contribution is -2.19. The number of rotatable bonds is 3. The first-order valence-electron chi connectivity index (χ1n) is 10.5. The van der Waals surface area contributed by atoms with Crippen molar-refractivity contribution in [3.05, 3.63) is 84.2 Å². The molecule has 31 heavy (non-hydrogen) atoms. The average Bonchev–Trinajstić information content (AvgIpc) is 3.43. The number of nitrogens with zero attached hydrogens (tertiary/aromatic N) is 1. The maximum atomic E-state index is 14.5. The van der Waals surface area contributed by atoms with Gasteiger partial charge >= 0.3 is 0 Å². The van der Waals surface area contributed by atoms with Gasteiger partial charge in [-0.3, -0.25) is 5.10 Å². The fourth-order valence-electron chi connectivity index (χ4n) is 4.50. The molecule has 6 rings (SSSR count). The molecule has 1 aliphatic rings. The van der Waals surface area contributed by atoms with E-state index in [4.69, 9.17) is 0 Å². The number of nitrogens with one attached hydrogen (secondary N) is 3. The molecule has 0 bridgehead atoms. The highest BCUT2D eigenvalue weighted by atomic mass is 19.1. The van der Waals surface area contributed by atoms with Gasteiger partial charge < -0.3 is 10.3 Å². The van der Waals surface area contributed by atoms with Crippen molar-refractivity contribution in [2.24, 2.45) is 0 Å². The Morgan fingerprint density at radius 2 is 1.74 bits per heavy atom. The van der Waals surface area contributed by atoms with Crippen LogP contribution >= 0.6 is 0 Å². The molecule has 4 nitrogen and oxygen atoms in total. The number of hydrogen-bond acceptors (Lipinski definition) is 2. The van der Waals surface area contributed by atoms with E-state index in [0.29, 0.717) is 5.56 Å². The van der Waals surface area contributed by atoms with E-state index in [9.17, 15) is 4.39 Å². The minimum atomic E-state index is -0.220. The highest BCUT2D eigenvalue weighted by Crippen LogP contribution is 2.35. The van der Waals surface area contributed by atoms with E-state index in [2.05, 4.69) is 50.8 Å². The molecule has 152 valence electrons. The van der Waals surface area contributed by atoms with Crippen LogP contribution in [0.1, 0.15) is 12.0 Å². The monoisotopic (exact) mass is 408 g/mol. The molecule has 0 amide bonds. The molecular weight excluding hydrogens is 387 g/mol. The molecule has 0 atom stereocenters. The van der Waals surface area contributed by atoms with Gasteiger partial charge in [0, 0.05) is 28.4 Å². The Hall–Kier alpha value is -3.70. The Morgan fingerprint density at radius 1 is 0.839 bits per heavy atom. The number of aromatic nitrogens is 3. The molecule has 3 N–H and O–H groups in total. The molecule has 0 radical (unpaired) electrons. The zero-order valence-corrected chi connectivity index (χ0v) is 16.9. The third-order valence-electron chi connectivity index (χ3n) is 6.08. The van der Waals surface area contributed by atoms with Gasteiger partial charge in [0.15, 0.2) is 0 Å². The highest BCUT2D eigenvalue weighted by molar-refractivity contribution is 6.01. The van der Waals surface area contributed by atoms with Gasteiger partial charge in [0.1, 0.15) is 11.5 Å². The van der Waals surface area contributed by atoms with E-state index < -0.39 is 0 Å². The molecular formula is C26H21FN4. The Bertz CT molecular complexity index is 1460. The molecule has 5 heteroatoms. The van der Waals surface area contributed by atoms with Crippen LogP contribution in [0.3, 0.4) is 0 Å². The van der Waals surface area contributed by atoms with Gasteiger partial charge in [-0.1, -0.05) is 42.5 Å². The second kappa shape index (κ2) is 7.22. The van der Waals surface area contributed by atoms with E-state index in [1.165, 1.54) is 17.2 Å². The number of fused-ring (bicyclic) bond motifs is 2. The zero-order valence-electron chi connectivity index (χ0n) is 16.9. The van der Waals surface area contributed by atoms with E-state index >= 15 is 0 Å². The highest BCUT2D eigenvalue weighted by Gasteiger charge is 2.16. The van der Waals surface area contributed by atoms with Gasteiger partial charge in [-0.05, 0) is 60.0 Å². The Labute approximate surface area is 178 Å². The van der Waals surface area contributed by atoms with Gasteiger partial charge in [0.2, 0.25) is 0 Å². The molecule has 0 unspecified atom stereocenters. The van der Waals surface area contributed by atoms with Crippen LogP contribution in [-0.4, -0.2) is 28.3 Å². The molecule has 1 aliphatic heterocycles. The minimum absolute atomic E-state index is 0.220. The summed E-state index contributed by atoms with van der Waals surface area (Å²) in [4.78, 5) is 3.49. The van der Waals surface area contributed by atoms with Crippen LogP contribution in [0.25, 0.3) is 49.9 Å². The summed E-state index contributed by atoms with van der Waals surface area (Å²) in [5, 5.41) is 13.2. The summed E-state index contributed by atoms with van der Waals surface area (Å²) in [5.41, 5.74) is 7.84. The molecule has 0 spiro atoms. The number of aromatic amines is 2. The maximum absolute atomic E-state index is 14.5. The molecule has 0 aliphatic carbocycles. The second-order valence-electron chi connectivity index (χ2n) is 7.95. The molecule has 2 aromatic heterocycles. The van der Waals surface area contributed by atoms with E-state index in [1.54, 1.807) is 6.07 Å². The predicted molar refractivity (Wildman–Crippen MR) is 124 cm³/mol. The van der Waals surface area contributed by atoms with Crippen LogP contribution in [0.2, 0.25) is 0 Å². The predicted octanol–water partition coefficient (Wildman–Crippen LogP) is 5.89. The third-order valence-corrected chi connectivity index (χ3v) is 6.08. The summed E-state index contributed by atoms with van der Waals surface area (Å²) in [7, 11) is 0. The number of H-pyrrole nitrogens is 2. The summed E-state index contributed by atoms with van der Waals surface area (Å²) >= 11 is 0. The summed E-state index contributed by atoms with van der Waals surface area (Å²) in [6, 6.07) is 21.4. The van der Waals surface area contributed by atoms with Gasteiger partial charge in [-0.15, -0.1) is 0 Å². The summed E-state index contributed by atoms with van der Waals surface area (Å²) < 4.78 is 14.5. The van der Waals surface area contributed by atoms with Gasteiger partial charge in [-0.25, -0.2) is 4.39 Å². The Kier molecular flexibility index (Phi) is 4.21. The fourth-order valence-corrected chi connectivity index (χ4v) is 4.50. The zero-order chi connectivity index (χ0) is 20.8. The standard InChI is InChI=1S/C26H21FN4/c27-22-6-2-1-4-19(22)18-5-3-7-23-20(18)15-25(29-23)26-21-14-17(8-9-24(21)30-31-26)16-10-12-28-13-11-16/h1-10,14-15,28-29H,11-13H2,(H,30,31).